The van der Waals surface area contributed by atoms with Crippen LogP contribution in [0.1, 0.15) is 36.3 Å². The number of thiazole rings is 1. The zero-order valence-electron chi connectivity index (χ0n) is 32.4. The van der Waals surface area contributed by atoms with E-state index in [1.807, 2.05) is 6.07 Å². The summed E-state index contributed by atoms with van der Waals surface area (Å²) in [5.74, 6) is 1.29. The van der Waals surface area contributed by atoms with Crippen LogP contribution in [0.2, 0.25) is 0 Å². The molecule has 59 heavy (non-hydrogen) atoms. The number of rotatable bonds is 21. The minimum atomic E-state index is 0.629. The van der Waals surface area contributed by atoms with Gasteiger partial charge in [0.2, 0.25) is 5.52 Å². The van der Waals surface area contributed by atoms with E-state index in [4.69, 9.17) is 19.7 Å². The van der Waals surface area contributed by atoms with Gasteiger partial charge >= 0.3 is 0 Å². The molecule has 7 rings (SSSR count). The van der Waals surface area contributed by atoms with Crippen molar-refractivity contribution in [3.8, 4) is 0 Å². The number of fused-ring (bicyclic) bond motifs is 2. The molecule has 0 fully saturated rings. The largest absolute Gasteiger partial charge is 0.335 e. The van der Waals surface area contributed by atoms with Crippen molar-refractivity contribution in [1.29, 1.82) is 0 Å². The molecule has 11 nitrogen and oxygen atoms in total. The van der Waals surface area contributed by atoms with Crippen molar-refractivity contribution >= 4 is 92.6 Å². The summed E-state index contributed by atoms with van der Waals surface area (Å²) in [4.78, 5) is 11.8. The summed E-state index contributed by atoms with van der Waals surface area (Å²) in [5, 5.41) is 27.1. The maximum absolute atomic E-state index is 8.62. The first-order chi connectivity index (χ1) is 29.1. The highest BCUT2D eigenvalue weighted by Crippen LogP contribution is 2.47. The Morgan fingerprint density at radius 3 is 2.25 bits per heavy atom. The first-order valence-corrected chi connectivity index (χ1v) is 23.1. The molecule has 0 saturated heterocycles. The van der Waals surface area contributed by atoms with Crippen molar-refractivity contribution in [3.05, 3.63) is 148 Å². The number of aryl methyl sites for hydroxylation is 2. The number of para-hydroxylation sites is 2. The molecule has 2 heterocycles. The van der Waals surface area contributed by atoms with Gasteiger partial charge in [0.1, 0.15) is 4.70 Å². The van der Waals surface area contributed by atoms with E-state index in [2.05, 4.69) is 155 Å². The Bertz CT molecular complexity index is 2250. The number of benzene rings is 4. The summed E-state index contributed by atoms with van der Waals surface area (Å²) < 4.78 is 18.0. The van der Waals surface area contributed by atoms with Crippen molar-refractivity contribution < 1.29 is 43.0 Å². The first kappa shape index (κ1) is 43.5. The molecule has 1 aliphatic heterocycles. The number of thioether (sulfide) groups is 1. The van der Waals surface area contributed by atoms with Crippen molar-refractivity contribution in [2.24, 2.45) is 0 Å². The molecule has 16 heteroatoms. The van der Waals surface area contributed by atoms with Gasteiger partial charge in [-0.3, -0.25) is 0 Å². The topological polar surface area (TPSA) is 106 Å². The van der Waals surface area contributed by atoms with E-state index < -0.39 is 0 Å². The first-order valence-electron chi connectivity index (χ1n) is 18.9. The second-order valence-electron chi connectivity index (χ2n) is 13.3. The van der Waals surface area contributed by atoms with E-state index in [9.17, 15) is 0 Å². The Kier molecular flexibility index (Phi) is 16.4. The van der Waals surface area contributed by atoms with Gasteiger partial charge in [0, 0.05) is 81.9 Å². The molecule has 0 saturated carbocycles. The summed E-state index contributed by atoms with van der Waals surface area (Å²) in [6.45, 7) is 3.63. The molecule has 0 unspecified atom stereocenters. The third-order valence-corrected chi connectivity index (χ3v) is 13.7. The average Bonchev–Trinajstić information content (AvgIpc) is 3.94. The van der Waals surface area contributed by atoms with Crippen molar-refractivity contribution in [3.63, 3.8) is 0 Å². The monoisotopic (exact) mass is 890 g/mol. The zero-order chi connectivity index (χ0) is 40.8. The van der Waals surface area contributed by atoms with Gasteiger partial charge in [-0.15, -0.1) is 8.67 Å². The van der Waals surface area contributed by atoms with Gasteiger partial charge in [-0.05, 0) is 104 Å². The van der Waals surface area contributed by atoms with Gasteiger partial charge < -0.3 is 9.80 Å². The molecule has 0 amide bonds. The van der Waals surface area contributed by atoms with Crippen molar-refractivity contribution in [2.45, 2.75) is 48.9 Å². The summed E-state index contributed by atoms with van der Waals surface area (Å²) in [6.07, 6.45) is 12.4. The van der Waals surface area contributed by atoms with Gasteiger partial charge in [0.25, 0.3) is 5.01 Å². The van der Waals surface area contributed by atoms with Gasteiger partial charge in [-0.2, -0.15) is 8.90 Å². The Hall–Kier alpha value is -3.59. The summed E-state index contributed by atoms with van der Waals surface area (Å²) in [6, 6.07) is 34.0. The zero-order valence-corrected chi connectivity index (χ0v) is 36.5. The molecule has 2 aliphatic rings. The molecular formula is C43H44N3O8S5+. The maximum atomic E-state index is 8.62. The van der Waals surface area contributed by atoms with Crippen LogP contribution in [0.15, 0.2) is 147 Å². The molecule has 1 aliphatic carbocycles. The Morgan fingerprint density at radius 1 is 0.814 bits per heavy atom. The van der Waals surface area contributed by atoms with Crippen LogP contribution in [0.3, 0.4) is 0 Å². The van der Waals surface area contributed by atoms with Crippen LogP contribution in [0.5, 0.6) is 0 Å². The predicted molar refractivity (Wildman–Crippen MR) is 241 cm³/mol. The van der Waals surface area contributed by atoms with Crippen LogP contribution in [-0.2, 0) is 34.5 Å². The Balaban J connectivity index is 1.30. The fourth-order valence-corrected chi connectivity index (χ4v) is 10.3. The second-order valence-corrected chi connectivity index (χ2v) is 17.8. The molecule has 5 aromatic rings. The number of allylic oxidation sites excluding steroid dienone is 5. The average molecular weight is 891 g/mol. The molecule has 2 N–H and O–H groups in total. The molecule has 0 bridgehead atoms. The quantitative estimate of drug-likeness (QED) is 0.0240. The molecule has 0 radical (unpaired) electrons. The van der Waals surface area contributed by atoms with E-state index in [1.165, 1.54) is 46.4 Å². The number of anilines is 3. The predicted octanol–water partition coefficient (Wildman–Crippen LogP) is 12.3. The molecule has 0 spiro atoms. The molecular weight excluding hydrogens is 847 g/mol. The second kappa shape index (κ2) is 22.3. The number of hydrogen-bond acceptors (Lipinski definition) is 15. The smallest absolute Gasteiger partial charge is 0.262 e. The van der Waals surface area contributed by atoms with Crippen LogP contribution in [0.25, 0.3) is 16.3 Å². The fourth-order valence-electron chi connectivity index (χ4n) is 7.03. The molecule has 308 valence electrons. The van der Waals surface area contributed by atoms with Crippen LogP contribution < -0.4 is 14.4 Å². The van der Waals surface area contributed by atoms with Crippen LogP contribution in [0, 0.1) is 6.92 Å². The minimum absolute atomic E-state index is 0.629. The fraction of sp³-hybridized carbons (Fsp3) is 0.233. The third-order valence-electron chi connectivity index (χ3n) is 9.54. The van der Waals surface area contributed by atoms with Gasteiger partial charge in [0.05, 0.1) is 35.6 Å². The van der Waals surface area contributed by atoms with E-state index in [-0.39, 0.29) is 0 Å². The van der Waals surface area contributed by atoms with Crippen LogP contribution >= 0.6 is 59.2 Å². The highest BCUT2D eigenvalue weighted by atomic mass is 32.2. The van der Waals surface area contributed by atoms with Gasteiger partial charge in [0.15, 0.2) is 6.54 Å². The van der Waals surface area contributed by atoms with Crippen LogP contribution in [-0.4, -0.2) is 35.7 Å². The van der Waals surface area contributed by atoms with E-state index in [0.717, 1.165) is 105 Å². The van der Waals surface area contributed by atoms with E-state index in [0.29, 0.717) is 11.5 Å². The van der Waals surface area contributed by atoms with E-state index >= 15 is 0 Å². The van der Waals surface area contributed by atoms with Gasteiger partial charge in [-0.25, -0.2) is 15.4 Å². The lowest BCUT2D eigenvalue weighted by Crippen LogP contribution is -2.35. The highest BCUT2D eigenvalue weighted by molar-refractivity contribution is 8.03. The molecule has 4 aromatic carbocycles. The maximum Gasteiger partial charge on any atom is 0.262 e. The third kappa shape index (κ3) is 11.2. The van der Waals surface area contributed by atoms with E-state index in [1.54, 1.807) is 23.1 Å². The summed E-state index contributed by atoms with van der Waals surface area (Å²) in [5.41, 5.74) is 9.31. The summed E-state index contributed by atoms with van der Waals surface area (Å²) >= 11 is 6.85. The Labute approximate surface area is 365 Å². The molecule has 0 atom stereocenters. The van der Waals surface area contributed by atoms with Crippen molar-refractivity contribution in [1.82, 2.24) is 0 Å². The normalized spacial score (nSPS) is 15.5. The number of nitrogens with zero attached hydrogens (tertiary/aromatic N) is 3. The lowest BCUT2D eigenvalue weighted by molar-refractivity contribution is -0.668. The highest BCUT2D eigenvalue weighted by Gasteiger charge is 2.29. The minimum Gasteiger partial charge on any atom is -0.335 e. The van der Waals surface area contributed by atoms with Crippen molar-refractivity contribution in [2.75, 3.05) is 35.0 Å². The lowest BCUT2D eigenvalue weighted by atomic mass is 10.1. The van der Waals surface area contributed by atoms with Gasteiger partial charge in [-0.1, -0.05) is 81.7 Å². The summed E-state index contributed by atoms with van der Waals surface area (Å²) in [7, 11) is 1.49. The molecule has 1 aromatic heterocycles. The SMILES string of the molecule is COOSc1ccc2sc(/C=C/C3=C(N(c4ccccc4)c4ccccc4)C(=C/C=C4\Sc5ccc(C)cc5N4CCCSOOO)/CC3)[n+](CCCSOOO)c2c1. The number of aromatic nitrogens is 1. The Morgan fingerprint density at radius 2 is 1.54 bits per heavy atom. The number of hydrogen-bond donors (Lipinski definition) is 2. The standard InChI is InChI=1S/C43H43N3O8S5/c1-31-15-21-39-37(29-31)44(25-9-27-55-53-50-47)41(57-39)23-18-32-16-17-33(43(32)46(34-11-5-3-6-12-34)35-13-7-4-8-14-35)19-24-42-45(26-10-28-56-54-51-48)38-30-36(59-52-49-2)20-22-40(38)58-42/h3-8,11-15,18-24,29-30H,9-10,16-17,25-28H2,1-2H3,(H-,47,48)/p+1. The van der Waals surface area contributed by atoms with Crippen LogP contribution in [0.4, 0.5) is 17.1 Å². The lowest BCUT2D eigenvalue weighted by Gasteiger charge is -2.28.